The molecular formula is C15H23N4O4S+. The third-order valence-corrected chi connectivity index (χ3v) is 5.89. The van der Waals surface area contributed by atoms with Gasteiger partial charge in [0.15, 0.2) is 6.54 Å². The van der Waals surface area contributed by atoms with Gasteiger partial charge in [0.05, 0.1) is 31.1 Å². The maximum Gasteiger partial charge on any atom is 0.321 e. The average Bonchev–Trinajstić information content (AvgIpc) is 2.55. The number of carbonyl (C=O) groups is 2. The highest BCUT2D eigenvalue weighted by molar-refractivity contribution is 7.89. The molecule has 0 radical (unpaired) electrons. The van der Waals surface area contributed by atoms with Gasteiger partial charge in [-0.2, -0.15) is 4.31 Å². The molecule has 3 amide bonds. The smallest absolute Gasteiger partial charge is 0.321 e. The predicted molar refractivity (Wildman–Crippen MR) is 88.1 cm³/mol. The summed E-state index contributed by atoms with van der Waals surface area (Å²) in [5, 5.41) is 4.52. The zero-order valence-corrected chi connectivity index (χ0v) is 14.6. The molecule has 1 aromatic rings. The van der Waals surface area contributed by atoms with Crippen LogP contribution >= 0.6 is 0 Å². The van der Waals surface area contributed by atoms with Crippen LogP contribution in [0.2, 0.25) is 0 Å². The van der Waals surface area contributed by atoms with E-state index in [-0.39, 0.29) is 17.3 Å². The maximum absolute atomic E-state index is 12.6. The highest BCUT2D eigenvalue weighted by Gasteiger charge is 2.31. The van der Waals surface area contributed by atoms with Crippen molar-refractivity contribution in [2.24, 2.45) is 0 Å². The number of quaternary nitrogens is 1. The monoisotopic (exact) mass is 355 g/mol. The molecule has 1 aromatic carbocycles. The standard InChI is InChI=1S/C15H22N4O4S/c1-12-3-5-13(6-4-12)24(22,23)19-9-7-18(8-10-19)11-14(20)17-15(21)16-2/h3-6H,7-11H2,1-2H3,(H2,16,17,20,21)/p+1. The van der Waals surface area contributed by atoms with Crippen molar-refractivity contribution in [3.05, 3.63) is 29.8 Å². The fourth-order valence-corrected chi connectivity index (χ4v) is 3.98. The fraction of sp³-hybridized carbons (Fsp3) is 0.467. The van der Waals surface area contributed by atoms with Gasteiger partial charge in [-0.15, -0.1) is 0 Å². The van der Waals surface area contributed by atoms with Gasteiger partial charge >= 0.3 is 6.03 Å². The molecule has 132 valence electrons. The van der Waals surface area contributed by atoms with E-state index < -0.39 is 16.1 Å². The van der Waals surface area contributed by atoms with E-state index in [2.05, 4.69) is 10.6 Å². The molecule has 1 aliphatic rings. The van der Waals surface area contributed by atoms with Gasteiger partial charge in [0.2, 0.25) is 10.0 Å². The molecule has 0 bridgehead atoms. The molecule has 0 spiro atoms. The Hall–Kier alpha value is -1.97. The Labute approximate surface area is 141 Å². The Morgan fingerprint density at radius 1 is 1.17 bits per heavy atom. The van der Waals surface area contributed by atoms with Crippen LogP contribution in [0.15, 0.2) is 29.2 Å². The first-order chi connectivity index (χ1) is 11.3. The normalized spacial score (nSPS) is 16.6. The van der Waals surface area contributed by atoms with Gasteiger partial charge in [0, 0.05) is 7.05 Å². The lowest BCUT2D eigenvalue weighted by Crippen LogP contribution is -3.15. The highest BCUT2D eigenvalue weighted by Crippen LogP contribution is 2.16. The van der Waals surface area contributed by atoms with Gasteiger partial charge in [0.25, 0.3) is 5.91 Å². The lowest BCUT2D eigenvalue weighted by atomic mass is 10.2. The number of urea groups is 1. The molecule has 9 heteroatoms. The Morgan fingerprint density at radius 3 is 2.29 bits per heavy atom. The van der Waals surface area contributed by atoms with Gasteiger partial charge < -0.3 is 10.2 Å². The number of piperazine rings is 1. The summed E-state index contributed by atoms with van der Waals surface area (Å²) in [6.45, 7) is 3.78. The number of amides is 3. The van der Waals surface area contributed by atoms with E-state index in [4.69, 9.17) is 0 Å². The van der Waals surface area contributed by atoms with E-state index in [0.717, 1.165) is 10.5 Å². The summed E-state index contributed by atoms with van der Waals surface area (Å²) in [6.07, 6.45) is 0. The maximum atomic E-state index is 12.6. The summed E-state index contributed by atoms with van der Waals surface area (Å²) in [4.78, 5) is 24.0. The van der Waals surface area contributed by atoms with Crippen molar-refractivity contribution >= 4 is 22.0 Å². The Balaban J connectivity index is 1.91. The number of imide groups is 1. The number of hydrogen-bond donors (Lipinski definition) is 3. The second-order valence-electron chi connectivity index (χ2n) is 5.77. The Bertz CT molecular complexity index is 695. The number of benzene rings is 1. The first kappa shape index (κ1) is 18.4. The van der Waals surface area contributed by atoms with Gasteiger partial charge in [-0.1, -0.05) is 17.7 Å². The second kappa shape index (κ2) is 7.73. The van der Waals surface area contributed by atoms with E-state index in [1.165, 1.54) is 11.4 Å². The third kappa shape index (κ3) is 4.53. The van der Waals surface area contributed by atoms with Crippen molar-refractivity contribution in [2.75, 3.05) is 39.8 Å². The molecule has 24 heavy (non-hydrogen) atoms. The first-order valence-electron chi connectivity index (χ1n) is 7.75. The van der Waals surface area contributed by atoms with Crippen LogP contribution in [0.3, 0.4) is 0 Å². The predicted octanol–water partition coefficient (Wildman–Crippen LogP) is -1.66. The van der Waals surface area contributed by atoms with Crippen molar-refractivity contribution < 1.29 is 22.9 Å². The Morgan fingerprint density at radius 2 is 1.75 bits per heavy atom. The SMILES string of the molecule is CNC(=O)NC(=O)C[NH+]1CCN(S(=O)(=O)c2ccc(C)cc2)CC1. The number of rotatable bonds is 4. The van der Waals surface area contributed by atoms with Crippen LogP contribution in [0.25, 0.3) is 0 Å². The lowest BCUT2D eigenvalue weighted by Gasteiger charge is -2.31. The second-order valence-corrected chi connectivity index (χ2v) is 7.71. The van der Waals surface area contributed by atoms with Crippen molar-refractivity contribution in [2.45, 2.75) is 11.8 Å². The van der Waals surface area contributed by atoms with Crippen LogP contribution in [0.1, 0.15) is 5.56 Å². The zero-order chi connectivity index (χ0) is 17.7. The molecule has 1 saturated heterocycles. The van der Waals surface area contributed by atoms with Crippen LogP contribution in [-0.4, -0.2) is 64.4 Å². The minimum atomic E-state index is -3.50. The van der Waals surface area contributed by atoms with Gasteiger partial charge in [-0.3, -0.25) is 10.1 Å². The van der Waals surface area contributed by atoms with Crippen LogP contribution in [0.5, 0.6) is 0 Å². The third-order valence-electron chi connectivity index (χ3n) is 3.98. The van der Waals surface area contributed by atoms with Crippen molar-refractivity contribution in [1.29, 1.82) is 0 Å². The van der Waals surface area contributed by atoms with Crippen LogP contribution in [0, 0.1) is 6.92 Å². The number of carbonyl (C=O) groups excluding carboxylic acids is 2. The molecule has 0 atom stereocenters. The van der Waals surface area contributed by atoms with E-state index in [9.17, 15) is 18.0 Å². The van der Waals surface area contributed by atoms with Crippen LogP contribution < -0.4 is 15.5 Å². The van der Waals surface area contributed by atoms with Gasteiger partial charge in [-0.25, -0.2) is 13.2 Å². The number of sulfonamides is 1. The molecule has 3 N–H and O–H groups in total. The highest BCUT2D eigenvalue weighted by atomic mass is 32.2. The molecule has 8 nitrogen and oxygen atoms in total. The zero-order valence-electron chi connectivity index (χ0n) is 13.8. The quantitative estimate of drug-likeness (QED) is 0.602. The molecule has 0 aliphatic carbocycles. The number of nitrogens with zero attached hydrogens (tertiary/aromatic N) is 1. The summed E-state index contributed by atoms with van der Waals surface area (Å²) >= 11 is 0. The van der Waals surface area contributed by atoms with Gasteiger partial charge in [0.1, 0.15) is 0 Å². The molecule has 2 rings (SSSR count). The first-order valence-corrected chi connectivity index (χ1v) is 9.19. The van der Waals surface area contributed by atoms with Crippen LogP contribution in [-0.2, 0) is 14.8 Å². The van der Waals surface area contributed by atoms with Crippen molar-refractivity contribution in [3.8, 4) is 0 Å². The summed E-state index contributed by atoms with van der Waals surface area (Å²) in [5.74, 6) is -0.376. The molecule has 1 heterocycles. The number of nitrogens with one attached hydrogen (secondary N) is 3. The molecule has 0 unspecified atom stereocenters. The fourth-order valence-electron chi connectivity index (χ4n) is 2.54. The lowest BCUT2D eigenvalue weighted by molar-refractivity contribution is -0.895. The summed E-state index contributed by atoms with van der Waals surface area (Å²) in [5.41, 5.74) is 1.00. The van der Waals surface area contributed by atoms with Crippen molar-refractivity contribution in [1.82, 2.24) is 14.9 Å². The number of hydrogen-bond acceptors (Lipinski definition) is 4. The topological polar surface area (TPSA) is 100 Å². The molecular weight excluding hydrogens is 332 g/mol. The minimum absolute atomic E-state index is 0.145. The summed E-state index contributed by atoms with van der Waals surface area (Å²) in [7, 11) is -2.06. The summed E-state index contributed by atoms with van der Waals surface area (Å²) < 4.78 is 26.6. The minimum Gasteiger partial charge on any atom is -0.341 e. The van der Waals surface area contributed by atoms with E-state index in [0.29, 0.717) is 26.2 Å². The molecule has 1 aliphatic heterocycles. The Kier molecular flexibility index (Phi) is 5.92. The number of aryl methyl sites for hydroxylation is 1. The molecule has 0 aromatic heterocycles. The largest absolute Gasteiger partial charge is 0.341 e. The van der Waals surface area contributed by atoms with E-state index in [1.807, 2.05) is 6.92 Å². The van der Waals surface area contributed by atoms with E-state index >= 15 is 0 Å². The van der Waals surface area contributed by atoms with Crippen LogP contribution in [0.4, 0.5) is 4.79 Å². The van der Waals surface area contributed by atoms with Crippen molar-refractivity contribution in [3.63, 3.8) is 0 Å². The van der Waals surface area contributed by atoms with E-state index in [1.54, 1.807) is 24.3 Å². The van der Waals surface area contributed by atoms with Gasteiger partial charge in [-0.05, 0) is 19.1 Å². The summed E-state index contributed by atoms with van der Waals surface area (Å²) in [6, 6.07) is 6.23. The molecule has 1 fully saturated rings. The average molecular weight is 355 g/mol. The molecule has 0 saturated carbocycles.